The lowest BCUT2D eigenvalue weighted by atomic mass is 10.1. The van der Waals surface area contributed by atoms with Gasteiger partial charge in [-0.15, -0.1) is 0 Å². The van der Waals surface area contributed by atoms with Crippen molar-refractivity contribution < 1.29 is 0 Å². The highest BCUT2D eigenvalue weighted by molar-refractivity contribution is 7.09. The van der Waals surface area contributed by atoms with Gasteiger partial charge in [0.15, 0.2) is 0 Å². The fourth-order valence-electron chi connectivity index (χ4n) is 1.35. The molecule has 2 rings (SSSR count). The molecule has 78 valence electrons. The van der Waals surface area contributed by atoms with Crippen molar-refractivity contribution in [1.82, 2.24) is 9.36 Å². The lowest BCUT2D eigenvalue weighted by molar-refractivity contribution is 0.820. The highest BCUT2D eigenvalue weighted by Crippen LogP contribution is 2.24. The summed E-state index contributed by atoms with van der Waals surface area (Å²) in [7, 11) is 0. The van der Waals surface area contributed by atoms with E-state index in [1.165, 1.54) is 17.9 Å². The van der Waals surface area contributed by atoms with Gasteiger partial charge in [0, 0.05) is 23.3 Å². The Balaban J connectivity index is 2.28. The third kappa shape index (κ3) is 2.31. The second kappa shape index (κ2) is 4.37. The summed E-state index contributed by atoms with van der Waals surface area (Å²) in [6.45, 7) is 1.96. The molecule has 0 spiro atoms. The summed E-state index contributed by atoms with van der Waals surface area (Å²) in [4.78, 5) is 4.07. The molecule has 2 aromatic rings. The molecule has 0 saturated carbocycles. The molecule has 4 nitrogen and oxygen atoms in total. The number of anilines is 2. The van der Waals surface area contributed by atoms with E-state index in [-0.39, 0.29) is 6.04 Å². The molecule has 1 aromatic carbocycles. The number of benzene rings is 1. The topological polar surface area (TPSA) is 63.8 Å². The molecule has 0 aliphatic carbocycles. The molecule has 0 radical (unpaired) electrons. The molecule has 0 aliphatic heterocycles. The van der Waals surface area contributed by atoms with Crippen LogP contribution in [0.5, 0.6) is 0 Å². The van der Waals surface area contributed by atoms with Gasteiger partial charge >= 0.3 is 0 Å². The maximum absolute atomic E-state index is 5.87. The zero-order valence-corrected chi connectivity index (χ0v) is 9.16. The fourth-order valence-corrected chi connectivity index (χ4v) is 1.80. The SMILES string of the molecule is CC(N)c1ccccc1Nc1ncns1. The first-order valence-corrected chi connectivity index (χ1v) is 5.43. The van der Waals surface area contributed by atoms with Crippen LogP contribution in [0.15, 0.2) is 30.6 Å². The van der Waals surface area contributed by atoms with Gasteiger partial charge in [-0.2, -0.15) is 4.37 Å². The van der Waals surface area contributed by atoms with Crippen LogP contribution in [-0.4, -0.2) is 9.36 Å². The molecular weight excluding hydrogens is 208 g/mol. The van der Waals surface area contributed by atoms with Crippen LogP contribution in [0.25, 0.3) is 0 Å². The highest BCUT2D eigenvalue weighted by atomic mass is 32.1. The zero-order valence-electron chi connectivity index (χ0n) is 8.34. The monoisotopic (exact) mass is 220 g/mol. The van der Waals surface area contributed by atoms with Gasteiger partial charge in [0.1, 0.15) is 6.33 Å². The second-order valence-electron chi connectivity index (χ2n) is 3.25. The molecule has 0 saturated heterocycles. The minimum atomic E-state index is 0.00150. The minimum absolute atomic E-state index is 0.00150. The van der Waals surface area contributed by atoms with Gasteiger partial charge in [-0.1, -0.05) is 18.2 Å². The first-order valence-electron chi connectivity index (χ1n) is 4.65. The Hall–Kier alpha value is -1.46. The standard InChI is InChI=1S/C10H12N4S/c1-7(11)8-4-2-3-5-9(8)14-10-12-6-13-15-10/h2-7H,11H2,1H3,(H,12,13,14). The van der Waals surface area contributed by atoms with Crippen LogP contribution >= 0.6 is 11.5 Å². The van der Waals surface area contributed by atoms with Crippen molar-refractivity contribution in [2.75, 3.05) is 5.32 Å². The van der Waals surface area contributed by atoms with Crippen molar-refractivity contribution in [3.63, 3.8) is 0 Å². The lowest BCUT2D eigenvalue weighted by Gasteiger charge is -2.12. The van der Waals surface area contributed by atoms with E-state index in [0.717, 1.165) is 16.4 Å². The quantitative estimate of drug-likeness (QED) is 0.833. The summed E-state index contributed by atoms with van der Waals surface area (Å²) in [5, 5.41) is 3.98. The largest absolute Gasteiger partial charge is 0.330 e. The molecule has 1 atom stereocenters. The second-order valence-corrected chi connectivity index (χ2v) is 4.03. The Kier molecular flexibility index (Phi) is 2.94. The Bertz CT molecular complexity index is 425. The summed E-state index contributed by atoms with van der Waals surface area (Å²) in [5.74, 6) is 0. The van der Waals surface area contributed by atoms with Crippen LogP contribution in [0.1, 0.15) is 18.5 Å². The van der Waals surface area contributed by atoms with Crippen molar-refractivity contribution in [2.24, 2.45) is 5.73 Å². The molecule has 0 fully saturated rings. The van der Waals surface area contributed by atoms with Crippen molar-refractivity contribution in [2.45, 2.75) is 13.0 Å². The van der Waals surface area contributed by atoms with Crippen LogP contribution in [0.4, 0.5) is 10.8 Å². The van der Waals surface area contributed by atoms with Gasteiger partial charge in [-0.05, 0) is 18.6 Å². The first-order chi connectivity index (χ1) is 7.27. The van der Waals surface area contributed by atoms with Crippen molar-refractivity contribution in [3.8, 4) is 0 Å². The molecule has 1 unspecified atom stereocenters. The van der Waals surface area contributed by atoms with Gasteiger partial charge < -0.3 is 11.1 Å². The number of rotatable bonds is 3. The number of nitrogens with one attached hydrogen (secondary N) is 1. The van der Waals surface area contributed by atoms with E-state index >= 15 is 0 Å². The maximum Gasteiger partial charge on any atom is 0.206 e. The molecule has 15 heavy (non-hydrogen) atoms. The van der Waals surface area contributed by atoms with Gasteiger partial charge in [0.25, 0.3) is 0 Å². The molecular formula is C10H12N4S. The van der Waals surface area contributed by atoms with Crippen molar-refractivity contribution in [1.29, 1.82) is 0 Å². The molecule has 0 bridgehead atoms. The zero-order chi connectivity index (χ0) is 10.7. The number of para-hydroxylation sites is 1. The van der Waals surface area contributed by atoms with E-state index in [1.54, 1.807) is 0 Å². The Labute approximate surface area is 92.3 Å². The fraction of sp³-hybridized carbons (Fsp3) is 0.200. The molecule has 0 amide bonds. The van der Waals surface area contributed by atoms with Gasteiger partial charge in [0.2, 0.25) is 5.13 Å². The van der Waals surface area contributed by atoms with Crippen LogP contribution < -0.4 is 11.1 Å². The number of hydrogen-bond donors (Lipinski definition) is 2. The number of hydrogen-bond acceptors (Lipinski definition) is 5. The van der Waals surface area contributed by atoms with Gasteiger partial charge in [0.05, 0.1) is 0 Å². The summed E-state index contributed by atoms with van der Waals surface area (Å²) >= 11 is 1.33. The molecule has 0 aliphatic rings. The first kappa shape index (κ1) is 10.1. The van der Waals surface area contributed by atoms with E-state index in [0.29, 0.717) is 0 Å². The third-order valence-corrected chi connectivity index (χ3v) is 2.63. The Morgan fingerprint density at radius 1 is 1.40 bits per heavy atom. The van der Waals surface area contributed by atoms with Gasteiger partial charge in [-0.25, -0.2) is 4.98 Å². The van der Waals surface area contributed by atoms with Crippen LogP contribution in [-0.2, 0) is 0 Å². The van der Waals surface area contributed by atoms with Crippen molar-refractivity contribution in [3.05, 3.63) is 36.2 Å². The maximum atomic E-state index is 5.87. The molecule has 5 heteroatoms. The van der Waals surface area contributed by atoms with Crippen LogP contribution in [0.3, 0.4) is 0 Å². The van der Waals surface area contributed by atoms with E-state index in [9.17, 15) is 0 Å². The summed E-state index contributed by atoms with van der Waals surface area (Å²) in [6, 6.07) is 7.94. The smallest absolute Gasteiger partial charge is 0.206 e. The third-order valence-electron chi connectivity index (χ3n) is 2.05. The average molecular weight is 220 g/mol. The van der Waals surface area contributed by atoms with E-state index in [2.05, 4.69) is 14.7 Å². The number of aromatic nitrogens is 2. The van der Waals surface area contributed by atoms with Crippen LogP contribution in [0, 0.1) is 0 Å². The average Bonchev–Trinajstić information content (AvgIpc) is 2.71. The summed E-state index contributed by atoms with van der Waals surface area (Å²) < 4.78 is 3.93. The summed E-state index contributed by atoms with van der Waals surface area (Å²) in [5.41, 5.74) is 7.94. The molecule has 3 N–H and O–H groups in total. The Morgan fingerprint density at radius 3 is 2.87 bits per heavy atom. The van der Waals surface area contributed by atoms with E-state index < -0.39 is 0 Å². The normalized spacial score (nSPS) is 12.4. The molecule has 1 heterocycles. The Morgan fingerprint density at radius 2 is 2.20 bits per heavy atom. The predicted molar refractivity (Wildman–Crippen MR) is 62.2 cm³/mol. The van der Waals surface area contributed by atoms with Crippen LogP contribution in [0.2, 0.25) is 0 Å². The van der Waals surface area contributed by atoms with Gasteiger partial charge in [-0.3, -0.25) is 0 Å². The highest BCUT2D eigenvalue weighted by Gasteiger charge is 2.06. The number of nitrogens with zero attached hydrogens (tertiary/aromatic N) is 2. The molecule has 1 aromatic heterocycles. The number of nitrogens with two attached hydrogens (primary N) is 1. The lowest BCUT2D eigenvalue weighted by Crippen LogP contribution is -2.07. The van der Waals surface area contributed by atoms with Crippen molar-refractivity contribution >= 4 is 22.4 Å². The van der Waals surface area contributed by atoms with E-state index in [1.807, 2.05) is 31.2 Å². The summed E-state index contributed by atoms with van der Waals surface area (Å²) in [6.07, 6.45) is 1.53. The predicted octanol–water partition coefficient (Wildman–Crippen LogP) is 2.30. The minimum Gasteiger partial charge on any atom is -0.330 e. The van der Waals surface area contributed by atoms with E-state index in [4.69, 9.17) is 5.73 Å².